The maximum atomic E-state index is 11.8. The van der Waals surface area contributed by atoms with Crippen LogP contribution in [0.1, 0.15) is 19.4 Å². The van der Waals surface area contributed by atoms with Gasteiger partial charge in [-0.05, 0) is 17.6 Å². The predicted molar refractivity (Wildman–Crippen MR) is 73.8 cm³/mol. The number of nitrogens with one attached hydrogen (secondary N) is 1. The minimum atomic E-state index is -3.78. The lowest BCUT2D eigenvalue weighted by molar-refractivity contribution is -0.140. The molecule has 5 nitrogen and oxygen atoms in total. The molecule has 19 heavy (non-hydrogen) atoms. The van der Waals surface area contributed by atoms with Crippen LogP contribution in [0.3, 0.4) is 0 Å². The SMILES string of the molecule is CC(C)[C@H](NS(=O)(=O)/C=C/c1ccccc1)C(=O)O. The summed E-state index contributed by atoms with van der Waals surface area (Å²) in [7, 11) is -3.78. The number of hydrogen-bond acceptors (Lipinski definition) is 3. The van der Waals surface area contributed by atoms with E-state index >= 15 is 0 Å². The van der Waals surface area contributed by atoms with E-state index in [1.54, 1.807) is 38.1 Å². The van der Waals surface area contributed by atoms with E-state index in [0.717, 1.165) is 11.0 Å². The molecule has 1 atom stereocenters. The Morgan fingerprint density at radius 1 is 1.26 bits per heavy atom. The molecule has 6 heteroatoms. The zero-order chi connectivity index (χ0) is 14.5. The van der Waals surface area contributed by atoms with Crippen molar-refractivity contribution in [3.63, 3.8) is 0 Å². The summed E-state index contributed by atoms with van der Waals surface area (Å²) in [5.41, 5.74) is 0.726. The van der Waals surface area contributed by atoms with Crippen molar-refractivity contribution in [1.29, 1.82) is 0 Å². The number of aliphatic carboxylic acids is 1. The maximum absolute atomic E-state index is 11.8. The van der Waals surface area contributed by atoms with Gasteiger partial charge in [0.05, 0.1) is 0 Å². The molecule has 0 amide bonds. The molecule has 0 aliphatic heterocycles. The first-order valence-corrected chi connectivity index (χ1v) is 7.35. The average Bonchev–Trinajstić information content (AvgIpc) is 2.34. The molecule has 0 radical (unpaired) electrons. The smallest absolute Gasteiger partial charge is 0.322 e. The number of carbonyl (C=O) groups is 1. The van der Waals surface area contributed by atoms with Crippen LogP contribution in [0, 0.1) is 5.92 Å². The van der Waals surface area contributed by atoms with Crippen LogP contribution in [0.4, 0.5) is 0 Å². The van der Waals surface area contributed by atoms with Gasteiger partial charge < -0.3 is 5.11 Å². The summed E-state index contributed by atoms with van der Waals surface area (Å²) in [6.45, 7) is 3.28. The third-order valence-electron chi connectivity index (χ3n) is 2.46. The summed E-state index contributed by atoms with van der Waals surface area (Å²) < 4.78 is 25.7. The van der Waals surface area contributed by atoms with Crippen molar-refractivity contribution in [2.45, 2.75) is 19.9 Å². The maximum Gasteiger partial charge on any atom is 0.322 e. The number of benzene rings is 1. The fourth-order valence-electron chi connectivity index (χ4n) is 1.42. The number of sulfonamides is 1. The summed E-state index contributed by atoms with van der Waals surface area (Å²) in [6, 6.07) is 7.77. The lowest BCUT2D eigenvalue weighted by atomic mass is 10.1. The molecule has 0 heterocycles. The first kappa shape index (κ1) is 15.4. The van der Waals surface area contributed by atoms with Gasteiger partial charge in [-0.3, -0.25) is 4.79 Å². The molecule has 0 saturated heterocycles. The van der Waals surface area contributed by atoms with Gasteiger partial charge in [0.1, 0.15) is 6.04 Å². The van der Waals surface area contributed by atoms with E-state index in [0.29, 0.717) is 0 Å². The summed E-state index contributed by atoms with van der Waals surface area (Å²) in [4.78, 5) is 10.9. The van der Waals surface area contributed by atoms with Gasteiger partial charge >= 0.3 is 5.97 Å². The highest BCUT2D eigenvalue weighted by molar-refractivity contribution is 7.92. The van der Waals surface area contributed by atoms with Crippen LogP contribution in [-0.4, -0.2) is 25.5 Å². The van der Waals surface area contributed by atoms with Gasteiger partial charge in [0, 0.05) is 5.41 Å². The number of carboxylic acid groups (broad SMARTS) is 1. The van der Waals surface area contributed by atoms with Gasteiger partial charge in [-0.1, -0.05) is 44.2 Å². The second kappa shape index (κ2) is 6.49. The first-order valence-electron chi connectivity index (χ1n) is 5.80. The first-order chi connectivity index (χ1) is 8.82. The third kappa shape index (κ3) is 5.23. The minimum absolute atomic E-state index is 0.336. The zero-order valence-corrected chi connectivity index (χ0v) is 11.6. The number of hydrogen-bond donors (Lipinski definition) is 2. The van der Waals surface area contributed by atoms with E-state index in [4.69, 9.17) is 5.11 Å². The summed E-state index contributed by atoms with van der Waals surface area (Å²) in [5, 5.41) is 9.91. The summed E-state index contributed by atoms with van der Waals surface area (Å²) in [5.74, 6) is -1.52. The molecule has 1 aromatic rings. The molecule has 0 aliphatic rings. The second-order valence-electron chi connectivity index (χ2n) is 4.44. The largest absolute Gasteiger partial charge is 0.480 e. The van der Waals surface area contributed by atoms with Crippen molar-refractivity contribution < 1.29 is 18.3 Å². The third-order valence-corrected chi connectivity index (χ3v) is 3.54. The van der Waals surface area contributed by atoms with Crippen molar-refractivity contribution in [2.24, 2.45) is 5.92 Å². The highest BCUT2D eigenvalue weighted by Crippen LogP contribution is 2.07. The van der Waals surface area contributed by atoms with Crippen LogP contribution in [-0.2, 0) is 14.8 Å². The molecule has 1 rings (SSSR count). The standard InChI is InChI=1S/C13H17NO4S/c1-10(2)12(13(15)16)14-19(17,18)9-8-11-6-4-3-5-7-11/h3-10,12,14H,1-2H3,(H,15,16)/b9-8+/t12-/m0/s1. The Bertz CT molecular complexity index is 549. The highest BCUT2D eigenvalue weighted by Gasteiger charge is 2.25. The molecule has 2 N–H and O–H groups in total. The van der Waals surface area contributed by atoms with Crippen molar-refractivity contribution in [2.75, 3.05) is 0 Å². The Morgan fingerprint density at radius 3 is 2.32 bits per heavy atom. The Hall–Kier alpha value is -1.66. The lowest BCUT2D eigenvalue weighted by Crippen LogP contribution is -2.43. The topological polar surface area (TPSA) is 83.5 Å². The normalized spacial score (nSPS) is 13.8. The monoisotopic (exact) mass is 283 g/mol. The molecule has 1 aromatic carbocycles. The molecule has 0 bridgehead atoms. The summed E-state index contributed by atoms with van der Waals surface area (Å²) >= 11 is 0. The van der Waals surface area contributed by atoms with Gasteiger partial charge in [0.15, 0.2) is 0 Å². The van der Waals surface area contributed by atoms with Crippen LogP contribution >= 0.6 is 0 Å². The van der Waals surface area contributed by atoms with E-state index in [1.165, 1.54) is 6.08 Å². The molecule has 0 aliphatic carbocycles. The Labute approximate surface area is 113 Å². The van der Waals surface area contributed by atoms with Gasteiger partial charge in [0.2, 0.25) is 10.0 Å². The number of rotatable bonds is 6. The molecule has 0 saturated carbocycles. The van der Waals surface area contributed by atoms with E-state index in [9.17, 15) is 13.2 Å². The number of carboxylic acids is 1. The van der Waals surface area contributed by atoms with E-state index in [1.807, 2.05) is 6.07 Å². The van der Waals surface area contributed by atoms with Crippen molar-refractivity contribution in [3.8, 4) is 0 Å². The second-order valence-corrected chi connectivity index (χ2v) is 6.03. The molecular formula is C13H17NO4S. The summed E-state index contributed by atoms with van der Waals surface area (Å²) in [6.07, 6.45) is 1.42. The fourth-order valence-corrected chi connectivity index (χ4v) is 2.56. The molecular weight excluding hydrogens is 266 g/mol. The highest BCUT2D eigenvalue weighted by atomic mass is 32.2. The fraction of sp³-hybridized carbons (Fsp3) is 0.308. The lowest BCUT2D eigenvalue weighted by Gasteiger charge is -2.16. The quantitative estimate of drug-likeness (QED) is 0.832. The Balaban J connectivity index is 2.82. The van der Waals surface area contributed by atoms with Crippen LogP contribution in [0.15, 0.2) is 35.7 Å². The van der Waals surface area contributed by atoms with Gasteiger partial charge in [-0.25, -0.2) is 8.42 Å². The molecule has 104 valence electrons. The minimum Gasteiger partial charge on any atom is -0.480 e. The van der Waals surface area contributed by atoms with Crippen molar-refractivity contribution >= 4 is 22.1 Å². The van der Waals surface area contributed by atoms with Gasteiger partial charge in [-0.2, -0.15) is 4.72 Å². The van der Waals surface area contributed by atoms with Crippen LogP contribution < -0.4 is 4.72 Å². The Kier molecular flexibility index (Phi) is 5.26. The van der Waals surface area contributed by atoms with E-state index in [-0.39, 0.29) is 5.92 Å². The molecule has 0 spiro atoms. The van der Waals surface area contributed by atoms with Crippen LogP contribution in [0.25, 0.3) is 6.08 Å². The van der Waals surface area contributed by atoms with Crippen LogP contribution in [0.2, 0.25) is 0 Å². The van der Waals surface area contributed by atoms with Crippen molar-refractivity contribution in [1.82, 2.24) is 4.72 Å². The van der Waals surface area contributed by atoms with Crippen LogP contribution in [0.5, 0.6) is 0 Å². The average molecular weight is 283 g/mol. The molecule has 0 unspecified atom stereocenters. The van der Waals surface area contributed by atoms with Gasteiger partial charge in [-0.15, -0.1) is 0 Å². The predicted octanol–water partition coefficient (Wildman–Crippen LogP) is 1.69. The van der Waals surface area contributed by atoms with E-state index in [2.05, 4.69) is 4.72 Å². The zero-order valence-electron chi connectivity index (χ0n) is 10.8. The molecule has 0 fully saturated rings. The van der Waals surface area contributed by atoms with Gasteiger partial charge in [0.25, 0.3) is 0 Å². The van der Waals surface area contributed by atoms with E-state index < -0.39 is 22.0 Å². The van der Waals surface area contributed by atoms with Crippen molar-refractivity contribution in [3.05, 3.63) is 41.3 Å². The Morgan fingerprint density at radius 2 is 1.84 bits per heavy atom. The molecule has 0 aromatic heterocycles.